The van der Waals surface area contributed by atoms with Crippen LogP contribution in [0.25, 0.3) is 0 Å². The van der Waals surface area contributed by atoms with Gasteiger partial charge in [0.05, 0.1) is 6.61 Å². The van der Waals surface area contributed by atoms with Crippen molar-refractivity contribution in [2.45, 2.75) is 39.7 Å². The quantitative estimate of drug-likeness (QED) is 0.198. The van der Waals surface area contributed by atoms with Gasteiger partial charge in [0.25, 0.3) is 0 Å². The molecule has 0 atom stereocenters. The maximum Gasteiger partial charge on any atom is 0.242 e. The summed E-state index contributed by atoms with van der Waals surface area (Å²) in [6, 6.07) is 0. The third-order valence-corrected chi connectivity index (χ3v) is 2.93. The molecule has 0 unspecified atom stereocenters. The summed E-state index contributed by atoms with van der Waals surface area (Å²) in [6.07, 6.45) is 0.999. The third-order valence-electron chi connectivity index (χ3n) is 2.93. The van der Waals surface area contributed by atoms with Crippen LogP contribution in [0.15, 0.2) is 4.99 Å². The van der Waals surface area contributed by atoms with Crippen molar-refractivity contribution in [1.82, 2.24) is 20.9 Å². The van der Waals surface area contributed by atoms with Gasteiger partial charge in [-0.3, -0.25) is 4.79 Å². The van der Waals surface area contributed by atoms with E-state index in [4.69, 9.17) is 4.74 Å². The van der Waals surface area contributed by atoms with Gasteiger partial charge in [-0.15, -0.1) is 24.0 Å². The summed E-state index contributed by atoms with van der Waals surface area (Å²) in [5.41, 5.74) is -0.231. The van der Waals surface area contributed by atoms with E-state index in [-0.39, 0.29) is 42.0 Å². The van der Waals surface area contributed by atoms with E-state index in [2.05, 4.69) is 32.9 Å². The summed E-state index contributed by atoms with van der Waals surface area (Å²) in [7, 11) is 3.79. The Morgan fingerprint density at radius 2 is 1.88 bits per heavy atom. The van der Waals surface area contributed by atoms with E-state index < -0.39 is 0 Å². The normalized spacial score (nSPS) is 11.9. The fourth-order valence-electron chi connectivity index (χ4n) is 1.87. The molecule has 3 N–H and O–H groups in total. The highest BCUT2D eigenvalue weighted by molar-refractivity contribution is 14.0. The van der Waals surface area contributed by atoms with Crippen LogP contribution < -0.4 is 16.0 Å². The highest BCUT2D eigenvalue weighted by atomic mass is 127. The Bertz CT molecular complexity index is 359. The number of rotatable bonds is 10. The predicted molar refractivity (Wildman–Crippen MR) is 111 cm³/mol. The summed E-state index contributed by atoms with van der Waals surface area (Å²) in [5.74, 6) is 0.602. The van der Waals surface area contributed by atoms with E-state index in [0.717, 1.165) is 39.2 Å². The Kier molecular flexibility index (Phi) is 15.7. The van der Waals surface area contributed by atoms with Crippen LogP contribution in [0, 0.1) is 0 Å². The number of amides is 1. The largest absolute Gasteiger partial charge is 0.383 e. The SMILES string of the molecule is CCNC(=NCC(=O)NC(C)(C)C)NCCCN(C)CCOC.I. The molecule has 0 saturated carbocycles. The maximum atomic E-state index is 11.8. The van der Waals surface area contributed by atoms with Crippen LogP contribution >= 0.6 is 24.0 Å². The van der Waals surface area contributed by atoms with E-state index in [1.54, 1.807) is 7.11 Å². The minimum Gasteiger partial charge on any atom is -0.383 e. The molecule has 1 amide bonds. The van der Waals surface area contributed by atoms with Crippen molar-refractivity contribution >= 4 is 35.8 Å². The van der Waals surface area contributed by atoms with Crippen LogP contribution in [-0.2, 0) is 9.53 Å². The molecule has 0 aromatic carbocycles. The van der Waals surface area contributed by atoms with Gasteiger partial charge in [-0.05, 0) is 47.7 Å². The van der Waals surface area contributed by atoms with Gasteiger partial charge in [-0.25, -0.2) is 4.99 Å². The zero-order chi connectivity index (χ0) is 17.7. The van der Waals surface area contributed by atoms with E-state index in [1.165, 1.54) is 0 Å². The number of methoxy groups -OCH3 is 1. The molecule has 0 fully saturated rings. The number of nitrogens with zero attached hydrogens (tertiary/aromatic N) is 2. The number of aliphatic imine (C=N–C) groups is 1. The van der Waals surface area contributed by atoms with Crippen molar-refractivity contribution in [1.29, 1.82) is 0 Å². The molecule has 0 aromatic rings. The Morgan fingerprint density at radius 1 is 1.21 bits per heavy atom. The smallest absolute Gasteiger partial charge is 0.242 e. The number of guanidine groups is 1. The van der Waals surface area contributed by atoms with Gasteiger partial charge in [0.2, 0.25) is 5.91 Å². The third kappa shape index (κ3) is 16.3. The first-order chi connectivity index (χ1) is 10.8. The van der Waals surface area contributed by atoms with Crippen molar-refractivity contribution in [3.63, 3.8) is 0 Å². The fourth-order valence-corrected chi connectivity index (χ4v) is 1.87. The molecule has 0 aromatic heterocycles. The number of nitrogens with one attached hydrogen (secondary N) is 3. The first-order valence-corrected chi connectivity index (χ1v) is 8.29. The first kappa shape index (κ1) is 25.6. The highest BCUT2D eigenvalue weighted by Crippen LogP contribution is 1.97. The van der Waals surface area contributed by atoms with E-state index in [0.29, 0.717) is 5.96 Å². The summed E-state index contributed by atoms with van der Waals surface area (Å²) >= 11 is 0. The van der Waals surface area contributed by atoms with Crippen LogP contribution in [0.4, 0.5) is 0 Å². The molecular formula is C16H36IN5O2. The van der Waals surface area contributed by atoms with Gasteiger partial charge in [-0.1, -0.05) is 0 Å². The van der Waals surface area contributed by atoms with E-state index >= 15 is 0 Å². The van der Waals surface area contributed by atoms with Gasteiger partial charge in [0, 0.05) is 32.3 Å². The number of hydrogen-bond donors (Lipinski definition) is 3. The molecule has 24 heavy (non-hydrogen) atoms. The van der Waals surface area contributed by atoms with Crippen molar-refractivity contribution < 1.29 is 9.53 Å². The molecular weight excluding hydrogens is 421 g/mol. The van der Waals surface area contributed by atoms with Crippen LogP contribution in [-0.4, -0.2) is 75.8 Å². The zero-order valence-electron chi connectivity index (χ0n) is 16.1. The molecule has 0 aliphatic heterocycles. The van der Waals surface area contributed by atoms with E-state index in [9.17, 15) is 4.79 Å². The lowest BCUT2D eigenvalue weighted by Gasteiger charge is -2.20. The highest BCUT2D eigenvalue weighted by Gasteiger charge is 2.13. The summed E-state index contributed by atoms with van der Waals surface area (Å²) < 4.78 is 5.05. The van der Waals surface area contributed by atoms with Crippen LogP contribution in [0.2, 0.25) is 0 Å². The maximum absolute atomic E-state index is 11.8. The van der Waals surface area contributed by atoms with Crippen molar-refractivity contribution in [2.75, 3.05) is 53.5 Å². The number of likely N-dealkylation sites (N-methyl/N-ethyl adjacent to an activating group) is 1. The molecule has 0 aliphatic carbocycles. The first-order valence-electron chi connectivity index (χ1n) is 8.29. The minimum absolute atomic E-state index is 0. The average Bonchev–Trinajstić information content (AvgIpc) is 2.45. The number of halogens is 1. The standard InChI is InChI=1S/C16H35N5O2.HI/c1-7-17-15(19-13-14(22)20-16(2,3)4)18-9-8-10-21(5)11-12-23-6;/h7-13H2,1-6H3,(H,20,22)(H2,17,18,19);1H. The van der Waals surface area contributed by atoms with Crippen LogP contribution in [0.5, 0.6) is 0 Å². The van der Waals surface area contributed by atoms with Crippen molar-refractivity contribution in [2.24, 2.45) is 4.99 Å². The minimum atomic E-state index is -0.231. The summed E-state index contributed by atoms with van der Waals surface area (Å²) in [6.45, 7) is 12.2. The number of hydrogen-bond acceptors (Lipinski definition) is 4. The molecule has 0 aliphatic rings. The average molecular weight is 457 g/mol. The van der Waals surface area contributed by atoms with Crippen LogP contribution in [0.3, 0.4) is 0 Å². The zero-order valence-corrected chi connectivity index (χ0v) is 18.4. The van der Waals surface area contributed by atoms with E-state index in [1.807, 2.05) is 27.7 Å². The molecule has 0 radical (unpaired) electrons. The molecule has 144 valence electrons. The Hall–Kier alpha value is -0.610. The summed E-state index contributed by atoms with van der Waals surface area (Å²) in [5, 5.41) is 9.30. The monoisotopic (exact) mass is 457 g/mol. The van der Waals surface area contributed by atoms with Gasteiger partial charge < -0.3 is 25.6 Å². The molecule has 7 nitrogen and oxygen atoms in total. The van der Waals surface area contributed by atoms with Gasteiger partial charge in [0.15, 0.2) is 5.96 Å². The summed E-state index contributed by atoms with van der Waals surface area (Å²) in [4.78, 5) is 18.3. The number of carbonyl (C=O) groups is 1. The molecule has 0 saturated heterocycles. The second-order valence-corrected chi connectivity index (χ2v) is 6.57. The molecule has 0 bridgehead atoms. The number of ether oxygens (including phenoxy) is 1. The Labute approximate surface area is 164 Å². The molecule has 0 rings (SSSR count). The van der Waals surface area contributed by atoms with Gasteiger partial charge in [0.1, 0.15) is 6.54 Å². The second kappa shape index (κ2) is 14.7. The lowest BCUT2D eigenvalue weighted by Crippen LogP contribution is -2.43. The fraction of sp³-hybridized carbons (Fsp3) is 0.875. The molecule has 8 heteroatoms. The predicted octanol–water partition coefficient (Wildman–Crippen LogP) is 1.04. The Morgan fingerprint density at radius 3 is 2.42 bits per heavy atom. The topological polar surface area (TPSA) is 78.0 Å². The number of carbonyl (C=O) groups excluding carboxylic acids is 1. The Balaban J connectivity index is 0. The van der Waals surface area contributed by atoms with Gasteiger partial charge in [-0.2, -0.15) is 0 Å². The van der Waals surface area contributed by atoms with Gasteiger partial charge >= 0.3 is 0 Å². The second-order valence-electron chi connectivity index (χ2n) is 6.57. The van der Waals surface area contributed by atoms with Crippen molar-refractivity contribution in [3.8, 4) is 0 Å². The van der Waals surface area contributed by atoms with Crippen molar-refractivity contribution in [3.05, 3.63) is 0 Å². The molecule has 0 heterocycles. The lowest BCUT2D eigenvalue weighted by molar-refractivity contribution is -0.121. The van der Waals surface area contributed by atoms with Crippen LogP contribution in [0.1, 0.15) is 34.1 Å². The molecule has 0 spiro atoms. The lowest BCUT2D eigenvalue weighted by atomic mass is 10.1.